The van der Waals surface area contributed by atoms with Crippen molar-refractivity contribution in [2.45, 2.75) is 25.3 Å². The fraction of sp³-hybridized carbons (Fsp3) is 0.238. The van der Waals surface area contributed by atoms with E-state index in [2.05, 4.69) is 9.98 Å². The molecule has 1 atom stereocenters. The largest absolute Gasteiger partial charge is 0.369 e. The van der Waals surface area contributed by atoms with Crippen molar-refractivity contribution in [1.29, 1.82) is 0 Å². The number of guanidine groups is 1. The molecule has 142 valence electrons. The summed E-state index contributed by atoms with van der Waals surface area (Å²) in [5.74, 6) is 0.127. The van der Waals surface area contributed by atoms with Gasteiger partial charge in [0.25, 0.3) is 0 Å². The lowest BCUT2D eigenvalue weighted by Gasteiger charge is -2.32. The molecule has 1 amide bonds. The van der Waals surface area contributed by atoms with E-state index in [0.717, 1.165) is 20.5 Å². The molecule has 0 bridgehead atoms. The lowest BCUT2D eigenvalue weighted by Crippen LogP contribution is -2.47. The summed E-state index contributed by atoms with van der Waals surface area (Å²) in [5, 5.41) is 1.08. The zero-order valence-electron chi connectivity index (χ0n) is 15.7. The van der Waals surface area contributed by atoms with Gasteiger partial charge in [0, 0.05) is 24.4 Å². The smallest absolute Gasteiger partial charge is 0.231 e. The molecule has 0 aliphatic carbocycles. The number of hydrogen-bond donors (Lipinski definition) is 1. The Morgan fingerprint density at radius 3 is 2.82 bits per heavy atom. The van der Waals surface area contributed by atoms with E-state index in [4.69, 9.17) is 5.73 Å². The van der Waals surface area contributed by atoms with Crippen molar-refractivity contribution in [3.8, 4) is 0 Å². The Bertz CT molecular complexity index is 1090. The number of pyridine rings is 1. The molecule has 1 aromatic carbocycles. The van der Waals surface area contributed by atoms with Crippen LogP contribution >= 0.6 is 11.3 Å². The number of Topliss-reactive ketones (excluding diaryl/α,β-unsaturated/α-hetero) is 1. The highest BCUT2D eigenvalue weighted by molar-refractivity contribution is 7.20. The van der Waals surface area contributed by atoms with Crippen LogP contribution in [0.15, 0.2) is 53.7 Å². The summed E-state index contributed by atoms with van der Waals surface area (Å²) >= 11 is 1.50. The molecule has 0 saturated carbocycles. The summed E-state index contributed by atoms with van der Waals surface area (Å²) < 4.78 is 1.10. The van der Waals surface area contributed by atoms with Gasteiger partial charge in [0.05, 0.1) is 17.0 Å². The van der Waals surface area contributed by atoms with Gasteiger partial charge < -0.3 is 5.73 Å². The van der Waals surface area contributed by atoms with Crippen LogP contribution < -0.4 is 5.73 Å². The number of thiophene rings is 1. The molecule has 1 aliphatic rings. The lowest BCUT2D eigenvalue weighted by molar-refractivity contribution is -0.128. The second kappa shape index (κ2) is 6.83. The van der Waals surface area contributed by atoms with E-state index in [-0.39, 0.29) is 30.5 Å². The average molecular weight is 392 g/mol. The van der Waals surface area contributed by atoms with Crippen molar-refractivity contribution in [2.24, 2.45) is 10.7 Å². The monoisotopic (exact) mass is 392 g/mol. The number of amides is 1. The van der Waals surface area contributed by atoms with Gasteiger partial charge in [0.15, 0.2) is 11.7 Å². The zero-order valence-corrected chi connectivity index (χ0v) is 16.5. The standard InChI is InChI=1S/C21H20N4O2S/c1-21(12-19(27)25(2)20(22)24-21)18-10-13(7-8-23-18)9-15(26)17-11-14-5-3-4-6-16(14)28-17/h3-8,10-11H,9,12H2,1-2H3,(H2,22,24). The first-order valence-corrected chi connectivity index (χ1v) is 9.76. The number of rotatable bonds is 4. The Balaban J connectivity index is 1.60. The predicted molar refractivity (Wildman–Crippen MR) is 110 cm³/mol. The maximum atomic E-state index is 12.8. The Morgan fingerprint density at radius 1 is 1.29 bits per heavy atom. The van der Waals surface area contributed by atoms with Crippen molar-refractivity contribution in [3.05, 3.63) is 64.8 Å². The van der Waals surface area contributed by atoms with Gasteiger partial charge in [-0.1, -0.05) is 18.2 Å². The normalized spacial score (nSPS) is 19.7. The average Bonchev–Trinajstić information content (AvgIpc) is 3.11. The Kier molecular flexibility index (Phi) is 4.47. The number of carbonyl (C=O) groups excluding carboxylic acids is 2. The van der Waals surface area contributed by atoms with Crippen LogP contribution in [0.25, 0.3) is 10.1 Å². The van der Waals surface area contributed by atoms with Crippen molar-refractivity contribution in [3.63, 3.8) is 0 Å². The van der Waals surface area contributed by atoms with E-state index in [1.54, 1.807) is 13.2 Å². The summed E-state index contributed by atoms with van der Waals surface area (Å²) in [4.78, 5) is 36.0. The molecule has 2 aromatic heterocycles. The highest BCUT2D eigenvalue weighted by Crippen LogP contribution is 2.32. The molecule has 1 aliphatic heterocycles. The predicted octanol–water partition coefficient (Wildman–Crippen LogP) is 3.11. The van der Waals surface area contributed by atoms with Crippen LogP contribution in [-0.2, 0) is 16.8 Å². The number of nitrogens with two attached hydrogens (primary N) is 1. The number of hydrogen-bond acceptors (Lipinski definition) is 6. The Morgan fingerprint density at radius 2 is 2.07 bits per heavy atom. The number of benzene rings is 1. The Hall–Kier alpha value is -3.06. The third-order valence-electron chi connectivity index (χ3n) is 5.02. The van der Waals surface area contributed by atoms with Gasteiger partial charge in [0.1, 0.15) is 5.54 Å². The molecule has 3 heterocycles. The highest BCUT2D eigenvalue weighted by Gasteiger charge is 2.37. The van der Waals surface area contributed by atoms with E-state index in [0.29, 0.717) is 5.69 Å². The van der Waals surface area contributed by atoms with Gasteiger partial charge in [-0.25, -0.2) is 4.99 Å². The maximum Gasteiger partial charge on any atom is 0.231 e. The molecular formula is C21H20N4O2S. The summed E-state index contributed by atoms with van der Waals surface area (Å²) in [7, 11) is 1.61. The summed E-state index contributed by atoms with van der Waals surface area (Å²) in [6.07, 6.45) is 2.11. The van der Waals surface area contributed by atoms with Crippen LogP contribution in [0.5, 0.6) is 0 Å². The topological polar surface area (TPSA) is 88.7 Å². The molecule has 7 heteroatoms. The van der Waals surface area contributed by atoms with Crippen LogP contribution in [0.3, 0.4) is 0 Å². The van der Waals surface area contributed by atoms with Crippen LogP contribution in [0, 0.1) is 0 Å². The van der Waals surface area contributed by atoms with Crippen LogP contribution in [0.1, 0.15) is 34.3 Å². The first-order valence-electron chi connectivity index (χ1n) is 8.95. The lowest BCUT2D eigenvalue weighted by atomic mass is 9.90. The quantitative estimate of drug-likeness (QED) is 0.691. The number of aliphatic imine (C=N–C) groups is 1. The second-order valence-electron chi connectivity index (χ2n) is 7.17. The van der Waals surface area contributed by atoms with Gasteiger partial charge in [0.2, 0.25) is 5.91 Å². The second-order valence-corrected chi connectivity index (χ2v) is 8.25. The minimum absolute atomic E-state index is 0.0611. The molecule has 28 heavy (non-hydrogen) atoms. The molecule has 6 nitrogen and oxygen atoms in total. The van der Waals surface area contributed by atoms with Crippen molar-refractivity contribution in [1.82, 2.24) is 9.88 Å². The van der Waals surface area contributed by atoms with Gasteiger partial charge in [-0.05, 0) is 42.1 Å². The van der Waals surface area contributed by atoms with Gasteiger partial charge >= 0.3 is 0 Å². The SMILES string of the molecule is CN1C(=O)CC(C)(c2cc(CC(=O)c3cc4ccccc4s3)ccn2)N=C1N. The molecule has 0 radical (unpaired) electrons. The number of aromatic nitrogens is 1. The van der Waals surface area contributed by atoms with E-state index < -0.39 is 5.54 Å². The number of ketones is 1. The molecule has 3 aromatic rings. The minimum Gasteiger partial charge on any atom is -0.369 e. The molecule has 0 saturated heterocycles. The van der Waals surface area contributed by atoms with E-state index in [1.807, 2.05) is 49.4 Å². The zero-order chi connectivity index (χ0) is 19.9. The summed E-state index contributed by atoms with van der Waals surface area (Å²) in [6.45, 7) is 1.84. The van der Waals surface area contributed by atoms with Crippen LogP contribution in [0.4, 0.5) is 0 Å². The molecule has 1 unspecified atom stereocenters. The Labute approximate surface area is 166 Å². The van der Waals surface area contributed by atoms with Crippen molar-refractivity contribution in [2.75, 3.05) is 7.05 Å². The first kappa shape index (κ1) is 18.3. The molecular weight excluding hydrogens is 372 g/mol. The van der Waals surface area contributed by atoms with E-state index in [1.165, 1.54) is 16.2 Å². The van der Waals surface area contributed by atoms with E-state index >= 15 is 0 Å². The van der Waals surface area contributed by atoms with Crippen LogP contribution in [0.2, 0.25) is 0 Å². The fourth-order valence-corrected chi connectivity index (χ4v) is 4.33. The first-order chi connectivity index (χ1) is 13.4. The maximum absolute atomic E-state index is 12.8. The molecule has 0 spiro atoms. The van der Waals surface area contributed by atoms with Gasteiger partial charge in [-0.3, -0.25) is 19.5 Å². The third-order valence-corrected chi connectivity index (χ3v) is 6.17. The van der Waals surface area contributed by atoms with E-state index in [9.17, 15) is 9.59 Å². The van der Waals surface area contributed by atoms with Gasteiger partial charge in [-0.2, -0.15) is 0 Å². The minimum atomic E-state index is -0.829. The van der Waals surface area contributed by atoms with Crippen molar-refractivity contribution >= 4 is 39.1 Å². The number of fused-ring (bicyclic) bond motifs is 1. The number of nitrogens with zero attached hydrogens (tertiary/aromatic N) is 3. The molecule has 2 N–H and O–H groups in total. The molecule has 0 fully saturated rings. The molecule has 4 rings (SSSR count). The van der Waals surface area contributed by atoms with Crippen molar-refractivity contribution < 1.29 is 9.59 Å². The number of carbonyl (C=O) groups is 2. The van der Waals surface area contributed by atoms with Crippen LogP contribution in [-0.4, -0.2) is 34.6 Å². The fourth-order valence-electron chi connectivity index (χ4n) is 3.33. The summed E-state index contributed by atoms with van der Waals surface area (Å²) in [5.41, 5.74) is 6.54. The summed E-state index contributed by atoms with van der Waals surface area (Å²) in [6, 6.07) is 13.6. The van der Waals surface area contributed by atoms with Gasteiger partial charge in [-0.15, -0.1) is 11.3 Å². The third kappa shape index (κ3) is 3.29. The highest BCUT2D eigenvalue weighted by atomic mass is 32.1.